The molecule has 8 heteroatoms. The number of carbonyl (C=O) groups excluding carboxylic acids is 2. The maximum atomic E-state index is 12.7. The fourth-order valence-electron chi connectivity index (χ4n) is 2.83. The number of nitrogens with zero attached hydrogens (tertiary/aromatic N) is 1. The third kappa shape index (κ3) is 4.55. The van der Waals surface area contributed by atoms with Gasteiger partial charge in [0.2, 0.25) is 0 Å². The quantitative estimate of drug-likeness (QED) is 0.671. The minimum absolute atomic E-state index is 0.0840. The molecule has 132 valence electrons. The van der Waals surface area contributed by atoms with Crippen molar-refractivity contribution in [1.82, 2.24) is 15.6 Å². The fourth-order valence-corrected chi connectivity index (χ4v) is 3.89. The Labute approximate surface area is 150 Å². The topological polar surface area (TPSA) is 109 Å². The van der Waals surface area contributed by atoms with Crippen molar-refractivity contribution in [3.05, 3.63) is 36.2 Å². The summed E-state index contributed by atoms with van der Waals surface area (Å²) in [6.45, 7) is 1.73. The van der Waals surface area contributed by atoms with E-state index in [1.807, 2.05) is 12.1 Å². The number of carbonyl (C=O) groups is 2. The van der Waals surface area contributed by atoms with Gasteiger partial charge in [0.25, 0.3) is 5.91 Å². The summed E-state index contributed by atoms with van der Waals surface area (Å²) in [5.74, 6) is -0.200. The van der Waals surface area contributed by atoms with Crippen molar-refractivity contribution in [2.75, 3.05) is 18.4 Å². The lowest BCUT2D eigenvalue weighted by Crippen LogP contribution is -2.41. The maximum absolute atomic E-state index is 12.7. The van der Waals surface area contributed by atoms with Crippen molar-refractivity contribution in [2.24, 2.45) is 5.73 Å². The van der Waals surface area contributed by atoms with E-state index >= 15 is 0 Å². The van der Waals surface area contributed by atoms with Crippen molar-refractivity contribution < 1.29 is 9.59 Å². The van der Waals surface area contributed by atoms with Crippen molar-refractivity contribution in [1.29, 1.82) is 0 Å². The highest BCUT2D eigenvalue weighted by Crippen LogP contribution is 2.35. The summed E-state index contributed by atoms with van der Waals surface area (Å²) in [6, 6.07) is 4.90. The van der Waals surface area contributed by atoms with Gasteiger partial charge in [0.05, 0.1) is 5.56 Å². The maximum Gasteiger partial charge on any atom is 0.317 e. The van der Waals surface area contributed by atoms with E-state index < -0.39 is 6.03 Å². The molecule has 7 nitrogen and oxygen atoms in total. The van der Waals surface area contributed by atoms with Crippen LogP contribution in [0.5, 0.6) is 0 Å². The van der Waals surface area contributed by atoms with Crippen molar-refractivity contribution in [3.8, 4) is 10.4 Å². The Kier molecular flexibility index (Phi) is 5.62. The minimum Gasteiger partial charge on any atom is -0.351 e. The van der Waals surface area contributed by atoms with Crippen molar-refractivity contribution >= 4 is 28.3 Å². The Morgan fingerprint density at radius 3 is 2.84 bits per heavy atom. The van der Waals surface area contributed by atoms with Crippen LogP contribution in [0.15, 0.2) is 30.6 Å². The molecule has 0 saturated carbocycles. The van der Waals surface area contributed by atoms with Crippen LogP contribution in [0.3, 0.4) is 0 Å². The number of rotatable bonds is 4. The van der Waals surface area contributed by atoms with Crippen LogP contribution >= 0.6 is 11.3 Å². The molecule has 3 heterocycles. The summed E-state index contributed by atoms with van der Waals surface area (Å²) in [7, 11) is 0. The van der Waals surface area contributed by atoms with Gasteiger partial charge in [-0.3, -0.25) is 15.1 Å². The third-order valence-electron chi connectivity index (χ3n) is 4.06. The molecule has 2 aromatic rings. The molecule has 0 unspecified atom stereocenters. The van der Waals surface area contributed by atoms with E-state index in [4.69, 9.17) is 5.73 Å². The van der Waals surface area contributed by atoms with E-state index in [0.29, 0.717) is 10.6 Å². The Hall–Kier alpha value is -2.45. The van der Waals surface area contributed by atoms with Gasteiger partial charge in [-0.25, -0.2) is 4.79 Å². The van der Waals surface area contributed by atoms with Gasteiger partial charge in [0.15, 0.2) is 0 Å². The molecule has 25 heavy (non-hydrogen) atoms. The number of amides is 3. The molecule has 5 N–H and O–H groups in total. The molecule has 0 spiro atoms. The second-order valence-electron chi connectivity index (χ2n) is 5.95. The van der Waals surface area contributed by atoms with Crippen LogP contribution in [0.25, 0.3) is 10.4 Å². The summed E-state index contributed by atoms with van der Waals surface area (Å²) in [6.07, 6.45) is 6.51. The molecule has 0 radical (unpaired) electrons. The van der Waals surface area contributed by atoms with Crippen molar-refractivity contribution in [2.45, 2.75) is 25.3 Å². The van der Waals surface area contributed by atoms with E-state index in [0.717, 1.165) is 42.8 Å². The largest absolute Gasteiger partial charge is 0.351 e. The van der Waals surface area contributed by atoms with Gasteiger partial charge in [-0.15, -0.1) is 11.3 Å². The average molecular weight is 359 g/mol. The first kappa shape index (κ1) is 17.4. The summed E-state index contributed by atoms with van der Waals surface area (Å²) >= 11 is 1.32. The summed E-state index contributed by atoms with van der Waals surface area (Å²) in [5, 5.41) is 9.39. The van der Waals surface area contributed by atoms with Gasteiger partial charge in [0.1, 0.15) is 5.00 Å². The van der Waals surface area contributed by atoms with E-state index in [1.54, 1.807) is 18.5 Å². The SMILES string of the molecule is NC(=O)Nc1sc(-c2ccncc2)cc1C(=O)N[C@H]1CCCCNC1. The third-order valence-corrected chi connectivity index (χ3v) is 5.16. The van der Waals surface area contributed by atoms with Gasteiger partial charge in [-0.2, -0.15) is 0 Å². The first-order chi connectivity index (χ1) is 12.1. The van der Waals surface area contributed by atoms with E-state index in [-0.39, 0.29) is 11.9 Å². The van der Waals surface area contributed by atoms with E-state index in [2.05, 4.69) is 20.9 Å². The number of primary amides is 1. The van der Waals surface area contributed by atoms with Crippen LogP contribution in [0, 0.1) is 0 Å². The highest BCUT2D eigenvalue weighted by molar-refractivity contribution is 7.20. The molecular weight excluding hydrogens is 338 g/mol. The molecule has 1 saturated heterocycles. The lowest BCUT2D eigenvalue weighted by molar-refractivity contribution is 0.0937. The van der Waals surface area contributed by atoms with Crippen LogP contribution in [0.4, 0.5) is 9.80 Å². The molecule has 1 aliphatic rings. The zero-order valence-corrected chi connectivity index (χ0v) is 14.6. The highest BCUT2D eigenvalue weighted by Gasteiger charge is 2.21. The van der Waals surface area contributed by atoms with E-state index in [9.17, 15) is 9.59 Å². The smallest absolute Gasteiger partial charge is 0.317 e. The zero-order valence-electron chi connectivity index (χ0n) is 13.7. The lowest BCUT2D eigenvalue weighted by atomic mass is 10.1. The molecule has 2 aromatic heterocycles. The van der Waals surface area contributed by atoms with Gasteiger partial charge >= 0.3 is 6.03 Å². The second kappa shape index (κ2) is 8.09. The van der Waals surface area contributed by atoms with Crippen LogP contribution in [-0.2, 0) is 0 Å². The molecule has 1 aliphatic heterocycles. The first-order valence-electron chi connectivity index (χ1n) is 8.26. The predicted molar refractivity (Wildman–Crippen MR) is 98.7 cm³/mol. The number of hydrogen-bond donors (Lipinski definition) is 4. The number of anilines is 1. The van der Waals surface area contributed by atoms with E-state index in [1.165, 1.54) is 11.3 Å². The number of urea groups is 1. The number of nitrogens with one attached hydrogen (secondary N) is 3. The molecule has 3 amide bonds. The zero-order chi connectivity index (χ0) is 17.6. The van der Waals surface area contributed by atoms with Crippen LogP contribution < -0.4 is 21.7 Å². The van der Waals surface area contributed by atoms with Crippen molar-refractivity contribution in [3.63, 3.8) is 0 Å². The Morgan fingerprint density at radius 2 is 2.08 bits per heavy atom. The van der Waals surface area contributed by atoms with Gasteiger partial charge in [0, 0.05) is 29.9 Å². The number of nitrogens with two attached hydrogens (primary N) is 1. The molecule has 0 aromatic carbocycles. The summed E-state index contributed by atoms with van der Waals surface area (Å²) in [5.41, 5.74) is 6.61. The highest BCUT2D eigenvalue weighted by atomic mass is 32.1. The molecule has 0 bridgehead atoms. The summed E-state index contributed by atoms with van der Waals surface area (Å²) < 4.78 is 0. The number of pyridine rings is 1. The number of hydrogen-bond acceptors (Lipinski definition) is 5. The van der Waals surface area contributed by atoms with Gasteiger partial charge in [-0.1, -0.05) is 6.42 Å². The van der Waals surface area contributed by atoms with Gasteiger partial charge < -0.3 is 16.4 Å². The molecule has 1 atom stereocenters. The Morgan fingerprint density at radius 1 is 1.28 bits per heavy atom. The average Bonchev–Trinajstić information content (AvgIpc) is 2.84. The molecule has 0 aliphatic carbocycles. The number of thiophene rings is 1. The predicted octanol–water partition coefficient (Wildman–Crippen LogP) is 2.17. The number of aromatic nitrogens is 1. The molecular formula is C17H21N5O2S. The minimum atomic E-state index is -0.687. The Balaban J connectivity index is 1.83. The fraction of sp³-hybridized carbons (Fsp3) is 0.353. The Bertz CT molecular complexity index is 739. The molecule has 3 rings (SSSR count). The first-order valence-corrected chi connectivity index (χ1v) is 9.07. The summed E-state index contributed by atoms with van der Waals surface area (Å²) in [4.78, 5) is 28.9. The van der Waals surface area contributed by atoms with Crippen LogP contribution in [0.2, 0.25) is 0 Å². The molecule has 1 fully saturated rings. The van der Waals surface area contributed by atoms with Gasteiger partial charge in [-0.05, 0) is 43.1 Å². The lowest BCUT2D eigenvalue weighted by Gasteiger charge is -2.16. The normalized spacial score (nSPS) is 17.5. The van der Waals surface area contributed by atoms with Crippen LogP contribution in [-0.4, -0.2) is 36.1 Å². The van der Waals surface area contributed by atoms with Crippen LogP contribution in [0.1, 0.15) is 29.6 Å². The monoisotopic (exact) mass is 359 g/mol. The second-order valence-corrected chi connectivity index (χ2v) is 7.00. The standard InChI is InChI=1S/C17H21N5O2S/c18-17(24)22-16-13(9-14(25-16)11-4-7-19-8-5-11)15(23)21-12-3-1-2-6-20-10-12/h4-5,7-9,12,20H,1-3,6,10H2,(H,21,23)(H3,18,22,24)/t12-/m0/s1.